The predicted octanol–water partition coefficient (Wildman–Crippen LogP) is 4.13. The Hall–Kier alpha value is -5.64. The van der Waals surface area contributed by atoms with Gasteiger partial charge in [0.25, 0.3) is 20.2 Å². The Morgan fingerprint density at radius 1 is 0.700 bits per heavy atom. The maximum absolute atomic E-state index is 14.0. The summed E-state index contributed by atoms with van der Waals surface area (Å²) in [5.74, 6) is -3.01. The number of hydrogen-bond acceptors (Lipinski definition) is 18. The summed E-state index contributed by atoms with van der Waals surface area (Å²) < 4.78 is 132. The number of anilines is 7. The van der Waals surface area contributed by atoms with E-state index in [1.54, 1.807) is 0 Å². The first-order chi connectivity index (χ1) is 27.8. The van der Waals surface area contributed by atoms with Crippen LogP contribution in [0.1, 0.15) is 48.5 Å². The smallest absolute Gasteiger partial charge is 0.397 e. The van der Waals surface area contributed by atoms with Crippen LogP contribution in [0.15, 0.2) is 69.3 Å². The zero-order chi connectivity index (χ0) is 44.3. The zero-order valence-electron chi connectivity index (χ0n) is 30.9. The molecule has 1 aliphatic rings. The van der Waals surface area contributed by atoms with E-state index in [0.29, 0.717) is 0 Å². The Balaban J connectivity index is 1.44. The van der Waals surface area contributed by atoms with Gasteiger partial charge in [-0.05, 0) is 73.3 Å². The predicted molar refractivity (Wildman–Crippen MR) is 215 cm³/mol. The van der Waals surface area contributed by atoms with Crippen LogP contribution in [-0.4, -0.2) is 86.2 Å². The molecule has 0 unspecified atom stereocenters. The van der Waals surface area contributed by atoms with Crippen molar-refractivity contribution in [2.75, 3.05) is 34.0 Å². The topological polar surface area (TPSA) is 341 Å². The van der Waals surface area contributed by atoms with Gasteiger partial charge in [-0.15, -0.1) is 0 Å². The van der Waals surface area contributed by atoms with E-state index in [1.807, 2.05) is 0 Å². The van der Waals surface area contributed by atoms with Crippen molar-refractivity contribution in [2.24, 2.45) is 0 Å². The second kappa shape index (κ2) is 15.8. The molecule has 8 N–H and O–H groups in total. The average molecular weight is 924 g/mol. The number of fused-ring (bicyclic) bond motifs is 2. The van der Waals surface area contributed by atoms with E-state index in [9.17, 15) is 52.4 Å². The molecule has 0 spiro atoms. The minimum absolute atomic E-state index is 0.0508. The molecular weight excluding hydrogens is 894 g/mol. The van der Waals surface area contributed by atoms with Gasteiger partial charge < -0.3 is 21.7 Å². The van der Waals surface area contributed by atoms with Gasteiger partial charge in [0, 0.05) is 22.5 Å². The third-order valence-electron chi connectivity index (χ3n) is 9.06. The number of nitrogens with zero attached hydrogens (tertiary/aromatic N) is 3. The van der Waals surface area contributed by atoms with E-state index >= 15 is 0 Å². The highest BCUT2D eigenvalue weighted by Crippen LogP contribution is 2.44. The zero-order valence-corrected chi connectivity index (χ0v) is 34.9. The molecule has 0 fully saturated rings. The molecule has 6 rings (SSSR count). The molecule has 1 aromatic heterocycles. The van der Waals surface area contributed by atoms with Gasteiger partial charge in [0.2, 0.25) is 17.2 Å². The maximum Gasteiger partial charge on any atom is 0.397 e. The molecule has 0 amide bonds. The van der Waals surface area contributed by atoms with Crippen molar-refractivity contribution in [1.82, 2.24) is 15.0 Å². The van der Waals surface area contributed by atoms with Gasteiger partial charge >= 0.3 is 10.4 Å². The molecule has 0 bridgehead atoms. The highest BCUT2D eigenvalue weighted by Gasteiger charge is 2.37. The standard InChI is InChI=1S/C34H30ClN7O14S4/c1-15-27(38-22-14-23(58(47,48)49)26(36)25-24(22)29(43)20-9-4-5-10-21(20)30(25)44)16(2)31(59(50,51)52)17(3)28(15)39-34-41-32(35)40-33(42-34)37-18-7-6-8-19(13-18)57(45,46)12-11-56-60(53,54)55/h4-10,13-14,38H,11-12,36H2,1-3H3,(H,47,48,49)(H,50,51,52)(H,53,54,55)(H2,37,39,40,41,42). The van der Waals surface area contributed by atoms with Crippen molar-refractivity contribution < 1.29 is 61.1 Å². The highest BCUT2D eigenvalue weighted by molar-refractivity contribution is 7.91. The fourth-order valence-corrected chi connectivity index (χ4v) is 9.85. The lowest BCUT2D eigenvalue weighted by molar-refractivity contribution is 0.0980. The van der Waals surface area contributed by atoms with E-state index in [4.69, 9.17) is 21.9 Å². The first kappa shape index (κ1) is 43.9. The van der Waals surface area contributed by atoms with Crippen LogP contribution in [0.2, 0.25) is 5.28 Å². The number of rotatable bonds is 13. The van der Waals surface area contributed by atoms with Crippen LogP contribution in [0, 0.1) is 20.8 Å². The van der Waals surface area contributed by atoms with Crippen LogP contribution in [-0.2, 0) is 44.7 Å². The van der Waals surface area contributed by atoms with Gasteiger partial charge in [-0.1, -0.05) is 30.3 Å². The second-order valence-electron chi connectivity index (χ2n) is 12.9. The Kier molecular flexibility index (Phi) is 11.5. The molecule has 60 heavy (non-hydrogen) atoms. The quantitative estimate of drug-likeness (QED) is 0.0632. The van der Waals surface area contributed by atoms with Crippen LogP contribution in [0.3, 0.4) is 0 Å². The van der Waals surface area contributed by atoms with E-state index in [1.165, 1.54) is 63.2 Å². The van der Waals surface area contributed by atoms with Crippen molar-refractivity contribution in [1.29, 1.82) is 0 Å². The molecular formula is C34H30ClN7O14S4. The molecule has 21 nitrogen and oxygen atoms in total. The molecule has 316 valence electrons. The lowest BCUT2D eigenvalue weighted by atomic mass is 9.82. The molecule has 0 saturated heterocycles. The fourth-order valence-electron chi connectivity index (χ4n) is 6.54. The molecule has 0 aliphatic heterocycles. The number of hydrogen-bond donors (Lipinski definition) is 7. The van der Waals surface area contributed by atoms with Gasteiger partial charge in [-0.2, -0.15) is 40.2 Å². The van der Waals surface area contributed by atoms with Crippen molar-refractivity contribution >= 4 is 104 Å². The van der Waals surface area contributed by atoms with Gasteiger partial charge in [-0.25, -0.2) is 12.6 Å². The number of nitrogens with two attached hydrogens (primary N) is 1. The van der Waals surface area contributed by atoms with Crippen LogP contribution in [0.25, 0.3) is 0 Å². The number of nitrogens with one attached hydrogen (secondary N) is 3. The SMILES string of the molecule is Cc1c(Nc2nc(Cl)nc(Nc3cccc(S(=O)(=O)CCOS(=O)(=O)O)c3)n2)c(C)c(S(=O)(=O)O)c(C)c1Nc1cc(S(=O)(=O)O)c(N)c2c1C(=O)c1ccccc1C2=O. The molecule has 4 aromatic carbocycles. The van der Waals surface area contributed by atoms with Crippen LogP contribution < -0.4 is 21.7 Å². The number of sulfone groups is 1. The lowest BCUT2D eigenvalue weighted by Crippen LogP contribution is -2.25. The monoisotopic (exact) mass is 923 g/mol. The summed E-state index contributed by atoms with van der Waals surface area (Å²) in [6.45, 7) is 3.21. The number of carbonyl (C=O) groups is 2. The summed E-state index contributed by atoms with van der Waals surface area (Å²) in [4.78, 5) is 38.1. The number of halogens is 1. The Bertz CT molecular complexity index is 3150. The molecule has 5 aromatic rings. The van der Waals surface area contributed by atoms with E-state index in [-0.39, 0.29) is 67.4 Å². The summed E-state index contributed by atoms with van der Waals surface area (Å²) in [6, 6.07) is 11.6. The fraction of sp³-hybridized carbons (Fsp3) is 0.147. The minimum Gasteiger partial charge on any atom is -0.397 e. The van der Waals surface area contributed by atoms with E-state index < -0.39 is 96.3 Å². The summed E-state index contributed by atoms with van der Waals surface area (Å²) in [6.07, 6.45) is 0. The summed E-state index contributed by atoms with van der Waals surface area (Å²) >= 11 is 6.21. The number of carbonyl (C=O) groups excluding carboxylic acids is 2. The van der Waals surface area contributed by atoms with Crippen LogP contribution >= 0.6 is 11.6 Å². The maximum atomic E-state index is 14.0. The van der Waals surface area contributed by atoms with Gasteiger partial charge in [0.1, 0.15) is 9.79 Å². The van der Waals surface area contributed by atoms with E-state index in [2.05, 4.69) is 35.1 Å². The Labute approximate surface area is 346 Å². The summed E-state index contributed by atoms with van der Waals surface area (Å²) in [7, 11) is -19.2. The van der Waals surface area contributed by atoms with Crippen LogP contribution in [0.5, 0.6) is 0 Å². The Morgan fingerprint density at radius 3 is 1.83 bits per heavy atom. The number of benzene rings is 4. The minimum atomic E-state index is -5.14. The lowest BCUT2D eigenvalue weighted by Gasteiger charge is -2.26. The second-order valence-corrected chi connectivity index (χ2v) is 19.2. The van der Waals surface area contributed by atoms with Crippen molar-refractivity contribution in [3.05, 3.63) is 98.8 Å². The van der Waals surface area contributed by atoms with Crippen LogP contribution in [0.4, 0.5) is 40.3 Å². The van der Waals surface area contributed by atoms with Gasteiger partial charge in [0.05, 0.1) is 45.4 Å². The van der Waals surface area contributed by atoms with Gasteiger partial charge in [-0.3, -0.25) is 23.2 Å². The molecule has 0 radical (unpaired) electrons. The molecule has 0 atom stereocenters. The van der Waals surface area contributed by atoms with Crippen molar-refractivity contribution in [3.8, 4) is 0 Å². The Morgan fingerprint density at radius 2 is 1.27 bits per heavy atom. The van der Waals surface area contributed by atoms with Crippen molar-refractivity contribution in [2.45, 2.75) is 35.5 Å². The first-order valence-electron chi connectivity index (χ1n) is 16.7. The highest BCUT2D eigenvalue weighted by atomic mass is 35.5. The number of aromatic nitrogens is 3. The third-order valence-corrected chi connectivity index (χ3v) is 13.4. The summed E-state index contributed by atoms with van der Waals surface area (Å²) in [5.41, 5.74) is 3.75. The molecule has 0 saturated carbocycles. The van der Waals surface area contributed by atoms with Gasteiger partial charge in [0.15, 0.2) is 21.4 Å². The number of nitrogen functional groups attached to an aromatic ring is 1. The average Bonchev–Trinajstić information content (AvgIpc) is 3.12. The third kappa shape index (κ3) is 8.79. The first-order valence-corrected chi connectivity index (χ1v) is 23.0. The van der Waals surface area contributed by atoms with Crippen molar-refractivity contribution in [3.63, 3.8) is 0 Å². The number of ketones is 2. The molecule has 26 heteroatoms. The summed E-state index contributed by atoms with van der Waals surface area (Å²) in [5, 5.41) is 7.98. The van der Waals surface area contributed by atoms with E-state index in [0.717, 1.165) is 12.1 Å². The molecule has 1 heterocycles. The largest absolute Gasteiger partial charge is 0.397 e. The molecule has 1 aliphatic carbocycles. The normalized spacial score (nSPS) is 13.1.